The summed E-state index contributed by atoms with van der Waals surface area (Å²) in [6, 6.07) is 0. The molecular weight excluding hydrogens is 303 g/mol. The number of carbonyl (C=O) groups is 1. The predicted octanol–water partition coefficient (Wildman–Crippen LogP) is 3.33. The largest absolute Gasteiger partial charge is 0.425 e. The molecule has 0 fully saturated rings. The van der Waals surface area contributed by atoms with E-state index in [-0.39, 0.29) is 6.20 Å². The first-order valence-corrected chi connectivity index (χ1v) is 4.67. The number of carbonyl (C=O) groups excluding carboxylic acids is 1. The summed E-state index contributed by atoms with van der Waals surface area (Å²) in [4.78, 5) is 22.4. The highest BCUT2D eigenvalue weighted by molar-refractivity contribution is 6.67. The third kappa shape index (κ3) is 2.95. The Morgan fingerprint density at radius 1 is 1.42 bits per heavy atom. The quantitative estimate of drug-likeness (QED) is 0.371. The van der Waals surface area contributed by atoms with Crippen LogP contribution in [0.3, 0.4) is 0 Å². The molecule has 0 N–H and O–H groups in total. The van der Waals surface area contributed by atoms with Crippen LogP contribution in [0.2, 0.25) is 0 Å². The van der Waals surface area contributed by atoms with Crippen molar-refractivity contribution in [2.24, 2.45) is 0 Å². The van der Waals surface area contributed by atoms with E-state index >= 15 is 0 Å². The van der Waals surface area contributed by atoms with E-state index in [9.17, 15) is 36.9 Å². The monoisotopic (exact) mass is 304 g/mol. The molecule has 0 radical (unpaired) electrons. The molecule has 0 amide bonds. The zero-order valence-corrected chi connectivity index (χ0v) is 9.30. The van der Waals surface area contributed by atoms with Crippen molar-refractivity contribution in [1.29, 1.82) is 0 Å². The van der Waals surface area contributed by atoms with Gasteiger partial charge < -0.3 is 10.1 Å². The third-order valence-corrected chi connectivity index (χ3v) is 2.19. The Morgan fingerprint density at radius 3 is 2.26 bits per heavy atom. The Hall–Kier alpha value is -1.84. The predicted molar refractivity (Wildman–Crippen MR) is 51.0 cm³/mol. The standard InChI is InChI=1S/C8H2ClF5N2O3/c9-5(17)2-1-15-7(16(18)19)4(8(12,13)14)3(2)6(10)11/h1,6H. The molecule has 0 unspecified atom stereocenters. The van der Waals surface area contributed by atoms with Crippen molar-refractivity contribution in [2.45, 2.75) is 12.6 Å². The van der Waals surface area contributed by atoms with Crippen molar-refractivity contribution in [3.63, 3.8) is 0 Å². The molecule has 1 rings (SSSR count). The van der Waals surface area contributed by atoms with Crippen LogP contribution in [0.15, 0.2) is 6.20 Å². The average molecular weight is 305 g/mol. The van der Waals surface area contributed by atoms with Gasteiger partial charge in [0.25, 0.3) is 11.7 Å². The first-order valence-electron chi connectivity index (χ1n) is 4.29. The summed E-state index contributed by atoms with van der Waals surface area (Å²) in [6.07, 6.45) is -9.05. The van der Waals surface area contributed by atoms with Gasteiger partial charge in [0.1, 0.15) is 0 Å². The average Bonchev–Trinajstić information content (AvgIpc) is 2.25. The number of hydrogen-bond donors (Lipinski definition) is 0. The fourth-order valence-electron chi connectivity index (χ4n) is 1.32. The first-order chi connectivity index (χ1) is 8.57. The molecule has 1 aromatic rings. The van der Waals surface area contributed by atoms with Crippen LogP contribution in [-0.4, -0.2) is 15.1 Å². The fourth-order valence-corrected chi connectivity index (χ4v) is 1.47. The summed E-state index contributed by atoms with van der Waals surface area (Å²) in [5.41, 5.74) is -5.36. The molecule has 0 aromatic carbocycles. The van der Waals surface area contributed by atoms with Crippen molar-refractivity contribution in [3.8, 4) is 0 Å². The van der Waals surface area contributed by atoms with Gasteiger partial charge in [-0.05, 0) is 21.5 Å². The summed E-state index contributed by atoms with van der Waals surface area (Å²) < 4.78 is 63.2. The second kappa shape index (κ2) is 5.03. The van der Waals surface area contributed by atoms with E-state index in [0.717, 1.165) is 0 Å². The van der Waals surface area contributed by atoms with Gasteiger partial charge in [0.15, 0.2) is 11.8 Å². The smallest absolute Gasteiger partial charge is 0.358 e. The van der Waals surface area contributed by atoms with E-state index in [1.165, 1.54) is 0 Å². The number of nitrogens with zero attached hydrogens (tertiary/aromatic N) is 2. The Labute approximate surface area is 106 Å². The molecule has 19 heavy (non-hydrogen) atoms. The lowest BCUT2D eigenvalue weighted by molar-refractivity contribution is -0.393. The van der Waals surface area contributed by atoms with Crippen LogP contribution in [0.1, 0.15) is 27.9 Å². The Morgan fingerprint density at radius 2 is 1.95 bits per heavy atom. The van der Waals surface area contributed by atoms with Gasteiger partial charge in [-0.25, -0.2) is 8.78 Å². The second-order valence-corrected chi connectivity index (χ2v) is 3.46. The number of aromatic nitrogens is 1. The van der Waals surface area contributed by atoms with Crippen LogP contribution in [-0.2, 0) is 6.18 Å². The van der Waals surface area contributed by atoms with E-state index in [0.29, 0.717) is 0 Å². The normalized spacial score (nSPS) is 11.7. The molecule has 0 aliphatic carbocycles. The maximum atomic E-state index is 12.7. The molecule has 0 aliphatic rings. The zero-order valence-electron chi connectivity index (χ0n) is 8.54. The first kappa shape index (κ1) is 15.2. The highest BCUT2D eigenvalue weighted by Gasteiger charge is 2.46. The second-order valence-electron chi connectivity index (χ2n) is 3.11. The van der Waals surface area contributed by atoms with E-state index in [1.54, 1.807) is 0 Å². The summed E-state index contributed by atoms with van der Waals surface area (Å²) in [6.45, 7) is 0. The number of pyridine rings is 1. The molecule has 0 saturated carbocycles. The van der Waals surface area contributed by atoms with Gasteiger partial charge >= 0.3 is 12.0 Å². The molecule has 1 heterocycles. The maximum absolute atomic E-state index is 12.7. The molecule has 0 saturated heterocycles. The molecule has 5 nitrogen and oxygen atoms in total. The van der Waals surface area contributed by atoms with E-state index in [4.69, 9.17) is 11.6 Å². The summed E-state index contributed by atoms with van der Waals surface area (Å²) in [7, 11) is 0. The van der Waals surface area contributed by atoms with Crippen molar-refractivity contribution in [3.05, 3.63) is 33.0 Å². The Kier molecular flexibility index (Phi) is 4.03. The minimum atomic E-state index is -5.48. The fraction of sp³-hybridized carbons (Fsp3) is 0.250. The number of alkyl halides is 5. The molecule has 104 valence electrons. The lowest BCUT2D eigenvalue weighted by atomic mass is 10.0. The highest BCUT2D eigenvalue weighted by Crippen LogP contribution is 2.42. The molecule has 0 aliphatic heterocycles. The number of rotatable bonds is 3. The van der Waals surface area contributed by atoms with Gasteiger partial charge in [-0.3, -0.25) is 4.79 Å². The van der Waals surface area contributed by atoms with Gasteiger partial charge in [0.2, 0.25) is 0 Å². The van der Waals surface area contributed by atoms with E-state index in [1.807, 2.05) is 0 Å². The Bertz CT molecular complexity index is 546. The number of hydrogen-bond acceptors (Lipinski definition) is 4. The lowest BCUT2D eigenvalue weighted by Crippen LogP contribution is -2.17. The van der Waals surface area contributed by atoms with Crippen LogP contribution in [0.4, 0.5) is 27.8 Å². The minimum Gasteiger partial charge on any atom is -0.358 e. The lowest BCUT2D eigenvalue weighted by Gasteiger charge is -2.13. The van der Waals surface area contributed by atoms with Gasteiger partial charge in [0, 0.05) is 0 Å². The van der Waals surface area contributed by atoms with E-state index < -0.39 is 45.3 Å². The van der Waals surface area contributed by atoms with Gasteiger partial charge in [0.05, 0.1) is 11.1 Å². The minimum absolute atomic E-state index is 0.212. The van der Waals surface area contributed by atoms with Gasteiger partial charge in [-0.1, -0.05) is 0 Å². The van der Waals surface area contributed by atoms with Crippen LogP contribution in [0, 0.1) is 10.1 Å². The van der Waals surface area contributed by atoms with Crippen LogP contribution >= 0.6 is 11.6 Å². The van der Waals surface area contributed by atoms with Gasteiger partial charge in [-0.2, -0.15) is 13.2 Å². The molecule has 0 atom stereocenters. The zero-order chi connectivity index (χ0) is 15.0. The van der Waals surface area contributed by atoms with Gasteiger partial charge in [-0.15, -0.1) is 0 Å². The van der Waals surface area contributed by atoms with Crippen LogP contribution in [0.25, 0.3) is 0 Å². The molecule has 0 bridgehead atoms. The topological polar surface area (TPSA) is 73.1 Å². The highest BCUT2D eigenvalue weighted by atomic mass is 35.5. The van der Waals surface area contributed by atoms with Crippen molar-refractivity contribution < 1.29 is 31.7 Å². The van der Waals surface area contributed by atoms with Crippen molar-refractivity contribution in [2.75, 3.05) is 0 Å². The molecule has 11 heteroatoms. The molecule has 1 aromatic heterocycles. The summed E-state index contributed by atoms with van der Waals surface area (Å²) >= 11 is 4.86. The van der Waals surface area contributed by atoms with Crippen LogP contribution in [0.5, 0.6) is 0 Å². The number of nitro groups is 1. The summed E-state index contributed by atoms with van der Waals surface area (Å²) in [5, 5.41) is 8.78. The van der Waals surface area contributed by atoms with Crippen LogP contribution < -0.4 is 0 Å². The van der Waals surface area contributed by atoms with Crippen molar-refractivity contribution in [1.82, 2.24) is 4.98 Å². The molecular formula is C8H2ClF5N2O3. The number of halogens is 6. The molecule has 0 spiro atoms. The SMILES string of the molecule is O=C(Cl)c1cnc([N+](=O)[O-])c(C(F)(F)F)c1C(F)F. The maximum Gasteiger partial charge on any atom is 0.425 e. The van der Waals surface area contributed by atoms with E-state index in [2.05, 4.69) is 4.98 Å². The Balaban J connectivity index is 3.82. The van der Waals surface area contributed by atoms with Crippen molar-refractivity contribution >= 4 is 22.7 Å². The third-order valence-electron chi connectivity index (χ3n) is 1.99. The summed E-state index contributed by atoms with van der Waals surface area (Å²) in [5.74, 6) is -1.82.